The summed E-state index contributed by atoms with van der Waals surface area (Å²) in [6, 6.07) is 4.97. The van der Waals surface area contributed by atoms with Crippen LogP contribution >= 0.6 is 0 Å². The van der Waals surface area contributed by atoms with Crippen molar-refractivity contribution in [1.29, 1.82) is 0 Å². The standard InChI is InChI=1S/C18H30FNO/c1-4-5-6-7-8-9-21-18-11-16(10-17(19)12-18)14-20-13-15(2)3/h10-12,15,20H,4-9,13-14H2,1-3H3. The van der Waals surface area contributed by atoms with Crippen molar-refractivity contribution in [3.05, 3.63) is 29.6 Å². The number of hydrogen-bond acceptors (Lipinski definition) is 2. The molecule has 0 aliphatic rings. The van der Waals surface area contributed by atoms with E-state index in [0.29, 0.717) is 24.8 Å². The summed E-state index contributed by atoms with van der Waals surface area (Å²) in [6.07, 6.45) is 6.01. The Morgan fingerprint density at radius 2 is 1.86 bits per heavy atom. The van der Waals surface area contributed by atoms with Crippen LogP contribution in [0.3, 0.4) is 0 Å². The van der Waals surface area contributed by atoms with Gasteiger partial charge in [0, 0.05) is 12.6 Å². The topological polar surface area (TPSA) is 21.3 Å². The molecule has 1 rings (SSSR count). The maximum atomic E-state index is 13.6. The summed E-state index contributed by atoms with van der Waals surface area (Å²) in [6.45, 7) is 8.81. The second kappa shape index (κ2) is 10.6. The Hall–Kier alpha value is -1.09. The molecule has 1 N–H and O–H groups in total. The fraction of sp³-hybridized carbons (Fsp3) is 0.667. The van der Waals surface area contributed by atoms with Gasteiger partial charge in [-0.2, -0.15) is 0 Å². The van der Waals surface area contributed by atoms with E-state index in [9.17, 15) is 4.39 Å². The Kier molecular flexibility index (Phi) is 9.07. The van der Waals surface area contributed by atoms with Crippen molar-refractivity contribution in [2.24, 2.45) is 5.92 Å². The van der Waals surface area contributed by atoms with Gasteiger partial charge in [-0.3, -0.25) is 0 Å². The van der Waals surface area contributed by atoms with Crippen molar-refractivity contribution >= 4 is 0 Å². The number of rotatable bonds is 11. The lowest BCUT2D eigenvalue weighted by Crippen LogP contribution is -2.19. The van der Waals surface area contributed by atoms with Gasteiger partial charge >= 0.3 is 0 Å². The molecule has 3 heteroatoms. The Bertz CT molecular complexity index is 393. The third kappa shape index (κ3) is 8.71. The number of unbranched alkanes of at least 4 members (excludes halogenated alkanes) is 4. The van der Waals surface area contributed by atoms with Gasteiger partial charge in [0.15, 0.2) is 0 Å². The minimum absolute atomic E-state index is 0.222. The lowest BCUT2D eigenvalue weighted by Gasteiger charge is -2.10. The molecule has 0 spiro atoms. The molecule has 0 bridgehead atoms. The predicted molar refractivity (Wildman–Crippen MR) is 87.2 cm³/mol. The fourth-order valence-electron chi connectivity index (χ4n) is 2.21. The van der Waals surface area contributed by atoms with Gasteiger partial charge in [0.25, 0.3) is 0 Å². The van der Waals surface area contributed by atoms with Crippen molar-refractivity contribution in [2.75, 3.05) is 13.2 Å². The quantitative estimate of drug-likeness (QED) is 0.585. The highest BCUT2D eigenvalue weighted by molar-refractivity contribution is 5.29. The van der Waals surface area contributed by atoms with Crippen LogP contribution in [-0.4, -0.2) is 13.2 Å². The molecule has 0 aliphatic heterocycles. The fourth-order valence-corrected chi connectivity index (χ4v) is 2.21. The second-order valence-corrected chi connectivity index (χ2v) is 6.08. The number of ether oxygens (including phenoxy) is 1. The van der Waals surface area contributed by atoms with Gasteiger partial charge in [0.1, 0.15) is 11.6 Å². The predicted octanol–water partition coefficient (Wildman–Crippen LogP) is 4.92. The van der Waals surface area contributed by atoms with Gasteiger partial charge < -0.3 is 10.1 Å². The molecule has 0 atom stereocenters. The molecule has 0 fully saturated rings. The summed E-state index contributed by atoms with van der Waals surface area (Å²) < 4.78 is 19.2. The van der Waals surface area contributed by atoms with Gasteiger partial charge in [-0.25, -0.2) is 4.39 Å². The summed E-state index contributed by atoms with van der Waals surface area (Å²) >= 11 is 0. The molecule has 0 saturated carbocycles. The molecule has 1 aromatic carbocycles. The zero-order chi connectivity index (χ0) is 15.5. The minimum atomic E-state index is -0.222. The summed E-state index contributed by atoms with van der Waals surface area (Å²) in [7, 11) is 0. The first-order valence-corrected chi connectivity index (χ1v) is 8.24. The molecule has 0 heterocycles. The largest absolute Gasteiger partial charge is 0.493 e. The van der Waals surface area contributed by atoms with Crippen LogP contribution in [0.5, 0.6) is 5.75 Å². The zero-order valence-corrected chi connectivity index (χ0v) is 13.8. The molecule has 0 radical (unpaired) electrons. The summed E-state index contributed by atoms with van der Waals surface area (Å²) in [5, 5.41) is 3.32. The molecule has 21 heavy (non-hydrogen) atoms. The zero-order valence-electron chi connectivity index (χ0n) is 13.8. The van der Waals surface area contributed by atoms with Crippen molar-refractivity contribution in [3.8, 4) is 5.75 Å². The Morgan fingerprint density at radius 3 is 2.57 bits per heavy atom. The second-order valence-electron chi connectivity index (χ2n) is 6.08. The molecule has 120 valence electrons. The van der Waals surface area contributed by atoms with Gasteiger partial charge in [0.2, 0.25) is 0 Å². The summed E-state index contributed by atoms with van der Waals surface area (Å²) in [5.41, 5.74) is 0.941. The van der Waals surface area contributed by atoms with E-state index < -0.39 is 0 Å². The van der Waals surface area contributed by atoms with Gasteiger partial charge in [-0.15, -0.1) is 0 Å². The van der Waals surface area contributed by atoms with Crippen LogP contribution in [0.4, 0.5) is 4.39 Å². The Morgan fingerprint density at radius 1 is 1.10 bits per heavy atom. The van der Waals surface area contributed by atoms with Crippen molar-refractivity contribution in [2.45, 2.75) is 59.4 Å². The third-order valence-electron chi connectivity index (χ3n) is 3.33. The minimum Gasteiger partial charge on any atom is -0.493 e. The lowest BCUT2D eigenvalue weighted by molar-refractivity contribution is 0.302. The van der Waals surface area contributed by atoms with E-state index in [1.165, 1.54) is 31.7 Å². The Labute approximate surface area is 129 Å². The van der Waals surface area contributed by atoms with Crippen LogP contribution in [0.2, 0.25) is 0 Å². The Balaban J connectivity index is 2.34. The SMILES string of the molecule is CCCCCCCOc1cc(F)cc(CNCC(C)C)c1. The van der Waals surface area contributed by atoms with E-state index in [2.05, 4.69) is 26.1 Å². The molecule has 2 nitrogen and oxygen atoms in total. The van der Waals surface area contributed by atoms with E-state index in [4.69, 9.17) is 4.74 Å². The highest BCUT2D eigenvalue weighted by Crippen LogP contribution is 2.17. The van der Waals surface area contributed by atoms with Crippen LogP contribution in [0, 0.1) is 11.7 Å². The first kappa shape index (κ1) is 18.0. The van der Waals surface area contributed by atoms with Crippen LogP contribution in [0.1, 0.15) is 58.4 Å². The lowest BCUT2D eigenvalue weighted by atomic mass is 10.1. The first-order chi connectivity index (χ1) is 10.1. The van der Waals surface area contributed by atoms with Crippen molar-refractivity contribution in [1.82, 2.24) is 5.32 Å². The molecule has 0 saturated heterocycles. The molecule has 0 unspecified atom stereocenters. The number of nitrogens with one attached hydrogen (secondary N) is 1. The van der Waals surface area contributed by atoms with E-state index in [1.807, 2.05) is 6.07 Å². The number of hydrogen-bond donors (Lipinski definition) is 1. The van der Waals surface area contributed by atoms with E-state index in [0.717, 1.165) is 18.5 Å². The van der Waals surface area contributed by atoms with E-state index >= 15 is 0 Å². The van der Waals surface area contributed by atoms with Crippen LogP contribution in [0.25, 0.3) is 0 Å². The highest BCUT2D eigenvalue weighted by atomic mass is 19.1. The average molecular weight is 295 g/mol. The van der Waals surface area contributed by atoms with Gasteiger partial charge in [0.05, 0.1) is 6.61 Å². The average Bonchev–Trinajstić information content (AvgIpc) is 2.42. The van der Waals surface area contributed by atoms with Crippen molar-refractivity contribution < 1.29 is 9.13 Å². The number of halogens is 1. The van der Waals surface area contributed by atoms with E-state index in [1.54, 1.807) is 6.07 Å². The maximum Gasteiger partial charge on any atom is 0.127 e. The molecule has 0 amide bonds. The van der Waals surface area contributed by atoms with E-state index in [-0.39, 0.29) is 5.82 Å². The molecular formula is C18H30FNO. The highest BCUT2D eigenvalue weighted by Gasteiger charge is 2.03. The summed E-state index contributed by atoms with van der Waals surface area (Å²) in [5.74, 6) is 1.02. The normalized spacial score (nSPS) is 11.1. The smallest absolute Gasteiger partial charge is 0.127 e. The molecule has 1 aromatic rings. The summed E-state index contributed by atoms with van der Waals surface area (Å²) in [4.78, 5) is 0. The van der Waals surface area contributed by atoms with Crippen LogP contribution in [-0.2, 0) is 6.54 Å². The number of benzene rings is 1. The van der Waals surface area contributed by atoms with Gasteiger partial charge in [-0.05, 0) is 36.6 Å². The molecular weight excluding hydrogens is 265 g/mol. The monoisotopic (exact) mass is 295 g/mol. The molecule has 0 aromatic heterocycles. The van der Waals surface area contributed by atoms with Gasteiger partial charge in [-0.1, -0.05) is 46.5 Å². The van der Waals surface area contributed by atoms with Crippen LogP contribution < -0.4 is 10.1 Å². The van der Waals surface area contributed by atoms with Crippen molar-refractivity contribution in [3.63, 3.8) is 0 Å². The first-order valence-electron chi connectivity index (χ1n) is 8.24. The van der Waals surface area contributed by atoms with Crippen LogP contribution in [0.15, 0.2) is 18.2 Å². The maximum absolute atomic E-state index is 13.6. The molecule has 0 aliphatic carbocycles. The third-order valence-corrected chi connectivity index (χ3v) is 3.33.